The summed E-state index contributed by atoms with van der Waals surface area (Å²) in [6.07, 6.45) is -3.30. The molecule has 15 heteroatoms. The Hall–Kier alpha value is -1.58. The van der Waals surface area contributed by atoms with Crippen LogP contribution < -0.4 is 13.7 Å². The van der Waals surface area contributed by atoms with Gasteiger partial charge in [-0.25, -0.2) is 4.18 Å². The molecule has 2 atom stereocenters. The lowest BCUT2D eigenvalue weighted by Gasteiger charge is -2.14. The zero-order valence-corrected chi connectivity index (χ0v) is 16.9. The molecule has 0 fully saturated rings. The quantitative estimate of drug-likeness (QED) is 0.327. The normalized spacial score (nSPS) is 18.2. The molecule has 0 saturated carbocycles. The summed E-state index contributed by atoms with van der Waals surface area (Å²) in [5.74, 6) is -1.73. The van der Waals surface area contributed by atoms with E-state index in [9.17, 15) is 39.0 Å². The third kappa shape index (κ3) is 6.72. The van der Waals surface area contributed by atoms with Gasteiger partial charge in [0.05, 0.1) is 0 Å². The average Bonchev–Trinajstić information content (AvgIpc) is 2.98. The summed E-state index contributed by atoms with van der Waals surface area (Å²) < 4.78 is 121. The molecule has 2 unspecified atom stereocenters. The smallest absolute Gasteiger partial charge is 0.376 e. The van der Waals surface area contributed by atoms with E-state index in [0.717, 1.165) is 18.6 Å². The fraction of sp³-hybridized carbons (Fsp3) is 0.600. The zero-order valence-electron chi connectivity index (χ0n) is 15.3. The number of rotatable bonds is 9. The van der Waals surface area contributed by atoms with Crippen molar-refractivity contribution in [2.24, 2.45) is 0 Å². The van der Waals surface area contributed by atoms with Gasteiger partial charge in [-0.2, -0.15) is 39.0 Å². The molecule has 1 N–H and O–H groups in total. The van der Waals surface area contributed by atoms with Gasteiger partial charge in [0.15, 0.2) is 18.1 Å². The van der Waals surface area contributed by atoms with E-state index in [2.05, 4.69) is 17.9 Å². The topological polar surface area (TPSA) is 90.9 Å². The fourth-order valence-electron chi connectivity index (χ4n) is 2.63. The number of nitrogens with one attached hydrogen (secondary N) is 1. The highest BCUT2D eigenvalue weighted by Gasteiger charge is 2.49. The number of alkyl halides is 6. The van der Waals surface area contributed by atoms with E-state index in [-0.39, 0.29) is 6.04 Å². The van der Waals surface area contributed by atoms with Crippen molar-refractivity contribution >= 4 is 21.5 Å². The Labute approximate surface area is 170 Å². The van der Waals surface area contributed by atoms with E-state index in [1.807, 2.05) is 6.92 Å². The second-order valence-electron chi connectivity index (χ2n) is 6.27. The van der Waals surface area contributed by atoms with Crippen molar-refractivity contribution in [2.45, 2.75) is 43.9 Å². The summed E-state index contributed by atoms with van der Waals surface area (Å²) in [6, 6.07) is 1.93. The predicted molar refractivity (Wildman–Crippen MR) is 92.3 cm³/mol. The molecule has 1 aromatic rings. The van der Waals surface area contributed by atoms with Crippen molar-refractivity contribution in [3.05, 3.63) is 23.3 Å². The molecule has 2 rings (SSSR count). The van der Waals surface area contributed by atoms with Gasteiger partial charge in [-0.15, -0.1) is 0 Å². The van der Waals surface area contributed by atoms with Crippen molar-refractivity contribution in [3.8, 4) is 11.5 Å². The molecular formula is C15H17F6NO6S2. The van der Waals surface area contributed by atoms with E-state index in [1.165, 1.54) is 0 Å². The van der Waals surface area contributed by atoms with Gasteiger partial charge in [-0.1, -0.05) is 6.92 Å². The van der Waals surface area contributed by atoms with Gasteiger partial charge in [0, 0.05) is 6.04 Å². The van der Waals surface area contributed by atoms with Gasteiger partial charge in [0.25, 0.3) is 0 Å². The molecule has 0 saturated heterocycles. The highest BCUT2D eigenvalue weighted by Crippen LogP contribution is 2.38. The molecule has 7 nitrogen and oxygen atoms in total. The van der Waals surface area contributed by atoms with Crippen LogP contribution in [0, 0.1) is 0 Å². The van der Waals surface area contributed by atoms with Gasteiger partial charge in [0.2, 0.25) is 0 Å². The van der Waals surface area contributed by atoms with Crippen LogP contribution in [0.2, 0.25) is 0 Å². The highest BCUT2D eigenvalue weighted by atomic mass is 32.2. The van der Waals surface area contributed by atoms with Gasteiger partial charge in [-0.05, 0) is 49.1 Å². The van der Waals surface area contributed by atoms with E-state index in [4.69, 9.17) is 0 Å². The number of hydrogen-bond acceptors (Lipinski definition) is 7. The maximum atomic E-state index is 12.7. The maximum Gasteiger partial charge on any atom is 0.534 e. The van der Waals surface area contributed by atoms with Gasteiger partial charge in [-0.3, -0.25) is 0 Å². The van der Waals surface area contributed by atoms with E-state index in [1.54, 1.807) is 0 Å². The van der Waals surface area contributed by atoms with Crippen LogP contribution in [-0.4, -0.2) is 43.5 Å². The molecule has 1 aliphatic rings. The van der Waals surface area contributed by atoms with Crippen molar-refractivity contribution in [1.82, 2.24) is 5.32 Å². The number of halogens is 6. The Kier molecular flexibility index (Phi) is 7.63. The molecule has 1 aromatic carbocycles. The van der Waals surface area contributed by atoms with Gasteiger partial charge >= 0.3 is 33.2 Å². The molecule has 0 radical (unpaired) electrons. The van der Waals surface area contributed by atoms with Crippen LogP contribution in [0.3, 0.4) is 0 Å². The van der Waals surface area contributed by atoms with Crippen LogP contribution in [0.4, 0.5) is 26.3 Å². The minimum atomic E-state index is -6.11. The van der Waals surface area contributed by atoms with Crippen molar-refractivity contribution in [2.75, 3.05) is 13.2 Å². The molecule has 0 aliphatic heterocycles. The molecule has 1 aliphatic carbocycles. The predicted octanol–water partition coefficient (Wildman–Crippen LogP) is 2.92. The van der Waals surface area contributed by atoms with Crippen LogP contribution in [0.1, 0.15) is 24.5 Å². The SMILES string of the molecule is CCCNC1Cc2cc(OS(=O)OCC(F)(F)F)c(OS(=O)(=O)C(F)(F)F)cc2C1. The Morgan fingerprint density at radius 3 is 2.17 bits per heavy atom. The first-order chi connectivity index (χ1) is 13.7. The second kappa shape index (κ2) is 9.28. The molecule has 0 spiro atoms. The lowest BCUT2D eigenvalue weighted by molar-refractivity contribution is -0.152. The average molecular weight is 485 g/mol. The van der Waals surface area contributed by atoms with Crippen LogP contribution >= 0.6 is 0 Å². The second-order valence-corrected chi connectivity index (χ2v) is 8.62. The molecule has 0 amide bonds. The maximum absolute atomic E-state index is 12.7. The minimum Gasteiger partial charge on any atom is -0.376 e. The fourth-order valence-corrected chi connectivity index (χ4v) is 3.64. The first-order valence-corrected chi connectivity index (χ1v) is 10.8. The van der Waals surface area contributed by atoms with E-state index in [0.29, 0.717) is 30.5 Å². The lowest BCUT2D eigenvalue weighted by Crippen LogP contribution is -2.30. The third-order valence-electron chi connectivity index (χ3n) is 3.84. The summed E-state index contributed by atoms with van der Waals surface area (Å²) >= 11 is -3.08. The highest BCUT2D eigenvalue weighted by molar-refractivity contribution is 7.88. The Morgan fingerprint density at radius 1 is 1.10 bits per heavy atom. The van der Waals surface area contributed by atoms with Crippen LogP contribution in [0.15, 0.2) is 12.1 Å². The van der Waals surface area contributed by atoms with Crippen LogP contribution in [0.25, 0.3) is 0 Å². The van der Waals surface area contributed by atoms with Crippen LogP contribution in [-0.2, 0) is 38.5 Å². The van der Waals surface area contributed by atoms with Crippen molar-refractivity contribution < 1.29 is 51.5 Å². The largest absolute Gasteiger partial charge is 0.534 e. The summed E-state index contributed by atoms with van der Waals surface area (Å²) in [4.78, 5) is 0. The monoisotopic (exact) mass is 485 g/mol. The Balaban J connectivity index is 2.31. The van der Waals surface area contributed by atoms with Gasteiger partial charge in [0.1, 0.15) is 0 Å². The van der Waals surface area contributed by atoms with Crippen molar-refractivity contribution in [3.63, 3.8) is 0 Å². The minimum absolute atomic E-state index is 0.103. The zero-order chi connectivity index (χ0) is 22.7. The van der Waals surface area contributed by atoms with Crippen LogP contribution in [0.5, 0.6) is 11.5 Å². The first kappa shape index (κ1) is 24.7. The summed E-state index contributed by atoms with van der Waals surface area (Å²) in [6.45, 7) is 0.624. The molecule has 0 bridgehead atoms. The standard InChI is InChI=1S/C15H17F6NO6S2/c1-2-3-22-11-4-9-6-12(27-29(23)26-8-14(16,17)18)13(7-10(9)5-11)28-30(24,25)15(19,20)21/h6-7,11,22H,2-5,8H2,1H3. The summed E-state index contributed by atoms with van der Waals surface area (Å²) in [5.41, 5.74) is -4.80. The first-order valence-electron chi connectivity index (χ1n) is 8.42. The molecule has 30 heavy (non-hydrogen) atoms. The third-order valence-corrected chi connectivity index (χ3v) is 5.43. The Morgan fingerprint density at radius 2 is 1.67 bits per heavy atom. The molecular weight excluding hydrogens is 468 g/mol. The van der Waals surface area contributed by atoms with E-state index >= 15 is 0 Å². The number of fused-ring (bicyclic) bond motifs is 1. The lowest BCUT2D eigenvalue weighted by atomic mass is 10.1. The molecule has 0 aromatic heterocycles. The van der Waals surface area contributed by atoms with E-state index < -0.39 is 51.3 Å². The summed E-state index contributed by atoms with van der Waals surface area (Å²) in [7, 11) is -6.11. The number of benzene rings is 1. The summed E-state index contributed by atoms with van der Waals surface area (Å²) in [5, 5.41) is 3.18. The van der Waals surface area contributed by atoms with Crippen molar-refractivity contribution in [1.29, 1.82) is 0 Å². The van der Waals surface area contributed by atoms with Gasteiger partial charge < -0.3 is 13.7 Å². The number of hydrogen-bond donors (Lipinski definition) is 1. The molecule has 172 valence electrons. The molecule has 0 heterocycles. The Bertz CT molecular complexity index is 887.